The van der Waals surface area contributed by atoms with Crippen LogP contribution in [-0.2, 0) is 23.1 Å². The van der Waals surface area contributed by atoms with Crippen LogP contribution in [0.25, 0.3) is 0 Å². The predicted octanol–water partition coefficient (Wildman–Crippen LogP) is 0.232. The highest BCUT2D eigenvalue weighted by atomic mass is 16.5. The van der Waals surface area contributed by atoms with E-state index in [0.717, 1.165) is 43.8 Å². The van der Waals surface area contributed by atoms with E-state index in [-0.39, 0.29) is 0 Å². The highest BCUT2D eigenvalue weighted by Gasteiger charge is 2.05. The average molecular weight is 312 g/mol. The number of aryl methyl sites for hydroxylation is 1. The van der Waals surface area contributed by atoms with Crippen LogP contribution in [0.3, 0.4) is 0 Å². The van der Waals surface area contributed by atoms with Crippen LogP contribution >= 0.6 is 0 Å². The molecule has 0 aliphatic rings. The molecule has 0 saturated heterocycles. The summed E-state index contributed by atoms with van der Waals surface area (Å²) in [5.74, 6) is 2.46. The van der Waals surface area contributed by atoms with Crippen molar-refractivity contribution in [3.8, 4) is 0 Å². The van der Waals surface area contributed by atoms with Crippen LogP contribution in [0.1, 0.15) is 25.0 Å². The third kappa shape index (κ3) is 6.86. The van der Waals surface area contributed by atoms with Gasteiger partial charge in [0.15, 0.2) is 11.8 Å². The Kier molecular flexibility index (Phi) is 9.17. The van der Waals surface area contributed by atoms with Crippen LogP contribution < -0.4 is 10.6 Å². The number of nitrogens with one attached hydrogen (secondary N) is 2. The van der Waals surface area contributed by atoms with Gasteiger partial charge in [-0.1, -0.05) is 0 Å². The molecule has 0 unspecified atom stereocenters. The molecule has 0 radical (unpaired) electrons. The van der Waals surface area contributed by atoms with Crippen molar-refractivity contribution in [2.75, 3.05) is 40.0 Å². The number of ether oxygens (including phenoxy) is 2. The van der Waals surface area contributed by atoms with Gasteiger partial charge in [0.2, 0.25) is 0 Å². The van der Waals surface area contributed by atoms with Crippen molar-refractivity contribution in [2.24, 2.45) is 12.0 Å². The Morgan fingerprint density at radius 1 is 1.23 bits per heavy atom. The first-order chi connectivity index (χ1) is 10.7. The Bertz CT molecular complexity index is 447. The molecule has 0 aromatic carbocycles. The molecule has 0 fully saturated rings. The van der Waals surface area contributed by atoms with Crippen LogP contribution in [0.2, 0.25) is 0 Å². The van der Waals surface area contributed by atoms with Gasteiger partial charge in [-0.2, -0.15) is 0 Å². The molecular weight excluding hydrogens is 284 g/mol. The third-order valence-electron chi connectivity index (χ3n) is 3.12. The summed E-state index contributed by atoms with van der Waals surface area (Å²) >= 11 is 0. The van der Waals surface area contributed by atoms with Gasteiger partial charge in [0, 0.05) is 40.5 Å². The van der Waals surface area contributed by atoms with Crippen molar-refractivity contribution in [2.45, 2.75) is 26.8 Å². The number of guanidine groups is 1. The van der Waals surface area contributed by atoms with E-state index in [4.69, 9.17) is 9.47 Å². The normalized spacial score (nSPS) is 11.7. The first-order valence-corrected chi connectivity index (χ1v) is 7.62. The largest absolute Gasteiger partial charge is 0.383 e. The van der Waals surface area contributed by atoms with Crippen LogP contribution in [0, 0.1) is 6.92 Å². The van der Waals surface area contributed by atoms with E-state index in [1.807, 2.05) is 25.5 Å². The van der Waals surface area contributed by atoms with Crippen molar-refractivity contribution in [3.05, 3.63) is 11.6 Å². The van der Waals surface area contributed by atoms with Crippen LogP contribution in [-0.4, -0.2) is 60.7 Å². The summed E-state index contributed by atoms with van der Waals surface area (Å²) < 4.78 is 12.3. The molecule has 1 rings (SSSR count). The highest BCUT2D eigenvalue weighted by Crippen LogP contribution is 1.98. The Morgan fingerprint density at radius 2 is 2.00 bits per heavy atom. The van der Waals surface area contributed by atoms with E-state index >= 15 is 0 Å². The number of methoxy groups -OCH3 is 1. The van der Waals surface area contributed by atoms with E-state index < -0.39 is 0 Å². The van der Waals surface area contributed by atoms with Gasteiger partial charge in [-0.15, -0.1) is 10.2 Å². The molecule has 8 nitrogen and oxygen atoms in total. The zero-order chi connectivity index (χ0) is 16.2. The Hall–Kier alpha value is -1.67. The van der Waals surface area contributed by atoms with Gasteiger partial charge >= 0.3 is 0 Å². The minimum absolute atomic E-state index is 0.477. The maximum Gasteiger partial charge on any atom is 0.191 e. The van der Waals surface area contributed by atoms with Gasteiger partial charge in [-0.3, -0.25) is 0 Å². The first-order valence-electron chi connectivity index (χ1n) is 7.62. The second-order valence-corrected chi connectivity index (χ2v) is 4.78. The fourth-order valence-electron chi connectivity index (χ4n) is 1.71. The molecule has 0 aliphatic heterocycles. The van der Waals surface area contributed by atoms with Gasteiger partial charge in [0.05, 0.1) is 6.61 Å². The number of rotatable bonds is 10. The molecule has 0 spiro atoms. The summed E-state index contributed by atoms with van der Waals surface area (Å²) in [6.07, 6.45) is 0.932. The Balaban J connectivity index is 2.48. The third-order valence-corrected chi connectivity index (χ3v) is 3.12. The quantitative estimate of drug-likeness (QED) is 0.365. The van der Waals surface area contributed by atoms with Crippen molar-refractivity contribution in [1.29, 1.82) is 0 Å². The highest BCUT2D eigenvalue weighted by molar-refractivity contribution is 5.79. The van der Waals surface area contributed by atoms with Gasteiger partial charge in [-0.05, 0) is 20.3 Å². The van der Waals surface area contributed by atoms with Crippen LogP contribution in [0.5, 0.6) is 0 Å². The zero-order valence-electron chi connectivity index (χ0n) is 14.1. The molecule has 1 heterocycles. The summed E-state index contributed by atoms with van der Waals surface area (Å²) in [5, 5.41) is 14.6. The number of aliphatic imine (C=N–C) groups is 1. The van der Waals surface area contributed by atoms with Crippen molar-refractivity contribution in [3.63, 3.8) is 0 Å². The smallest absolute Gasteiger partial charge is 0.191 e. The lowest BCUT2D eigenvalue weighted by Gasteiger charge is -2.12. The second-order valence-electron chi connectivity index (χ2n) is 4.78. The molecule has 2 N–H and O–H groups in total. The summed E-state index contributed by atoms with van der Waals surface area (Å²) in [6, 6.07) is 0. The number of hydrogen-bond acceptors (Lipinski definition) is 5. The van der Waals surface area contributed by atoms with Crippen molar-refractivity contribution in [1.82, 2.24) is 25.4 Å². The predicted molar refractivity (Wildman–Crippen MR) is 85.9 cm³/mol. The van der Waals surface area contributed by atoms with E-state index in [9.17, 15) is 0 Å². The molecule has 0 bridgehead atoms. The Morgan fingerprint density at radius 3 is 2.64 bits per heavy atom. The molecule has 22 heavy (non-hydrogen) atoms. The summed E-state index contributed by atoms with van der Waals surface area (Å²) in [5.41, 5.74) is 0. The molecule has 8 heteroatoms. The van der Waals surface area contributed by atoms with E-state index in [2.05, 4.69) is 25.8 Å². The standard InChI is InChI=1S/C14H28N6O2/c1-5-22-9-6-7-15-14(16-8-10-21-4)17-11-13-19-18-12(2)20(13)3/h5-11H2,1-4H3,(H2,15,16,17). The average Bonchev–Trinajstić information content (AvgIpc) is 2.83. The van der Waals surface area contributed by atoms with Gasteiger partial charge in [0.25, 0.3) is 0 Å². The molecular formula is C14H28N6O2. The van der Waals surface area contributed by atoms with Crippen LogP contribution in [0.4, 0.5) is 0 Å². The molecule has 0 saturated carbocycles. The van der Waals surface area contributed by atoms with Crippen LogP contribution in [0.15, 0.2) is 4.99 Å². The van der Waals surface area contributed by atoms with Gasteiger partial charge < -0.3 is 24.7 Å². The summed E-state index contributed by atoms with van der Waals surface area (Å²) in [6.45, 7) is 8.02. The molecule has 0 amide bonds. The maximum atomic E-state index is 5.32. The minimum atomic E-state index is 0.477. The molecule has 0 aliphatic carbocycles. The lowest BCUT2D eigenvalue weighted by atomic mass is 10.4. The number of nitrogens with zero attached hydrogens (tertiary/aromatic N) is 4. The van der Waals surface area contributed by atoms with Gasteiger partial charge in [0.1, 0.15) is 12.4 Å². The lowest BCUT2D eigenvalue weighted by molar-refractivity contribution is 0.145. The fraction of sp³-hybridized carbons (Fsp3) is 0.786. The van der Waals surface area contributed by atoms with Crippen molar-refractivity contribution >= 4 is 5.96 Å². The molecule has 1 aromatic rings. The molecule has 1 aromatic heterocycles. The number of aromatic nitrogens is 3. The second kappa shape index (κ2) is 11.0. The van der Waals surface area contributed by atoms with Gasteiger partial charge in [-0.25, -0.2) is 4.99 Å². The maximum absolute atomic E-state index is 5.32. The molecule has 0 atom stereocenters. The summed E-state index contributed by atoms with van der Waals surface area (Å²) in [4.78, 5) is 4.53. The number of hydrogen-bond donors (Lipinski definition) is 2. The lowest BCUT2D eigenvalue weighted by Crippen LogP contribution is -2.39. The SMILES string of the molecule is CCOCCCNC(=NCc1nnc(C)n1C)NCCOC. The molecule has 126 valence electrons. The van der Waals surface area contributed by atoms with Crippen molar-refractivity contribution < 1.29 is 9.47 Å². The Labute approximate surface area is 132 Å². The fourth-order valence-corrected chi connectivity index (χ4v) is 1.71. The minimum Gasteiger partial charge on any atom is -0.383 e. The van der Waals surface area contributed by atoms with E-state index in [1.165, 1.54) is 0 Å². The zero-order valence-corrected chi connectivity index (χ0v) is 14.1. The first kappa shape index (κ1) is 18.4. The monoisotopic (exact) mass is 312 g/mol. The van der Waals surface area contributed by atoms with E-state index in [1.54, 1.807) is 7.11 Å². The summed E-state index contributed by atoms with van der Waals surface area (Å²) in [7, 11) is 3.62. The topological polar surface area (TPSA) is 85.6 Å². The van der Waals surface area contributed by atoms with E-state index in [0.29, 0.717) is 19.7 Å².